The molecular formula is C31H31ClN8O3. The fourth-order valence-corrected chi connectivity index (χ4v) is 5.21. The molecule has 2 aromatic carbocycles. The number of ether oxygens (including phenoxy) is 2. The number of carbonyl (C=O) groups is 1. The van der Waals surface area contributed by atoms with Crippen molar-refractivity contribution in [3.63, 3.8) is 0 Å². The van der Waals surface area contributed by atoms with E-state index in [0.29, 0.717) is 27.8 Å². The number of imidazole rings is 1. The largest absolute Gasteiger partial charge is 0.497 e. The number of fused-ring (bicyclic) bond motifs is 1. The molecule has 1 aliphatic rings. The molecule has 0 aliphatic carbocycles. The maximum atomic E-state index is 12.1. The first kappa shape index (κ1) is 28.4. The molecule has 0 saturated carbocycles. The van der Waals surface area contributed by atoms with Crippen molar-refractivity contribution in [2.45, 2.75) is 25.4 Å². The minimum absolute atomic E-state index is 0.167. The van der Waals surface area contributed by atoms with Gasteiger partial charge >= 0.3 is 0 Å². The number of hydrogen-bond acceptors (Lipinski definition) is 9. The van der Waals surface area contributed by atoms with Gasteiger partial charge in [0.15, 0.2) is 12.3 Å². The second-order valence-corrected chi connectivity index (χ2v) is 10.6. The number of piperidine rings is 1. The number of benzene rings is 2. The van der Waals surface area contributed by atoms with Crippen LogP contribution in [0.15, 0.2) is 73.2 Å². The SMILES string of the molecule is COc1ccc(CN2CCC(Nc3c(Cl)cnc4[nH]c(-c5ccc(OCC(=O)Nc6ncccn6)cc5)nc34)CC2)cc1. The van der Waals surface area contributed by atoms with Crippen molar-refractivity contribution in [2.24, 2.45) is 0 Å². The van der Waals surface area contributed by atoms with E-state index in [0.717, 1.165) is 49.5 Å². The number of aromatic nitrogens is 5. The number of halogens is 1. The zero-order valence-corrected chi connectivity index (χ0v) is 24.3. The lowest BCUT2D eigenvalue weighted by Gasteiger charge is -2.33. The molecule has 0 bridgehead atoms. The second-order valence-electron chi connectivity index (χ2n) is 10.2. The molecule has 0 atom stereocenters. The highest BCUT2D eigenvalue weighted by molar-refractivity contribution is 6.34. The average molecular weight is 599 g/mol. The molecular weight excluding hydrogens is 568 g/mol. The van der Waals surface area contributed by atoms with Crippen molar-refractivity contribution >= 4 is 40.3 Å². The first-order valence-corrected chi connectivity index (χ1v) is 14.4. The van der Waals surface area contributed by atoms with Gasteiger partial charge in [0.2, 0.25) is 5.95 Å². The molecule has 3 N–H and O–H groups in total. The molecule has 0 radical (unpaired) electrons. The summed E-state index contributed by atoms with van der Waals surface area (Å²) < 4.78 is 10.9. The Balaban J connectivity index is 1.06. The molecule has 0 unspecified atom stereocenters. The van der Waals surface area contributed by atoms with Crippen molar-refractivity contribution in [1.82, 2.24) is 29.8 Å². The quantitative estimate of drug-likeness (QED) is 0.199. The van der Waals surface area contributed by atoms with E-state index in [1.54, 1.807) is 43.9 Å². The number of likely N-dealkylation sites (tertiary alicyclic amines) is 1. The van der Waals surface area contributed by atoms with E-state index in [9.17, 15) is 4.79 Å². The molecule has 12 heteroatoms. The Morgan fingerprint density at radius 2 is 1.74 bits per heavy atom. The van der Waals surface area contributed by atoms with Crippen LogP contribution in [0.25, 0.3) is 22.6 Å². The second kappa shape index (κ2) is 13.1. The number of nitrogens with one attached hydrogen (secondary N) is 3. The highest BCUT2D eigenvalue weighted by atomic mass is 35.5. The molecule has 1 aliphatic heterocycles. The standard InChI is InChI=1S/C31H31ClN8O3/c1-42-23-7-3-20(4-8-23)18-40-15-11-22(12-16-40)36-27-25(32)17-35-30-28(27)38-29(39-30)21-5-9-24(10-6-21)43-19-26(41)37-31-33-13-2-14-34-31/h2-10,13-14,17,22H,11-12,15-16,18-19H2,1H3,(H,33,34,37,41)(H2,35,36,38,39). The fraction of sp³-hybridized carbons (Fsp3) is 0.258. The van der Waals surface area contributed by atoms with Gasteiger partial charge in [-0.05, 0) is 60.9 Å². The smallest absolute Gasteiger partial charge is 0.264 e. The lowest BCUT2D eigenvalue weighted by molar-refractivity contribution is -0.118. The fourth-order valence-electron chi connectivity index (χ4n) is 5.02. The molecule has 3 aromatic heterocycles. The third kappa shape index (κ3) is 7.02. The maximum absolute atomic E-state index is 12.1. The van der Waals surface area contributed by atoms with Crippen molar-refractivity contribution < 1.29 is 14.3 Å². The Kier molecular flexibility index (Phi) is 8.62. The van der Waals surface area contributed by atoms with Gasteiger partial charge < -0.3 is 19.8 Å². The lowest BCUT2D eigenvalue weighted by atomic mass is 10.0. The number of pyridine rings is 1. The van der Waals surface area contributed by atoms with Gasteiger partial charge in [-0.2, -0.15) is 0 Å². The van der Waals surface area contributed by atoms with Crippen LogP contribution in [0.5, 0.6) is 11.5 Å². The number of rotatable bonds is 10. The van der Waals surface area contributed by atoms with Gasteiger partial charge in [0.05, 0.1) is 24.0 Å². The Hall–Kier alpha value is -4.74. The van der Waals surface area contributed by atoms with Crippen molar-refractivity contribution in [3.05, 3.63) is 83.8 Å². The van der Waals surface area contributed by atoms with Crippen LogP contribution in [0.4, 0.5) is 11.6 Å². The molecule has 11 nitrogen and oxygen atoms in total. The number of hydrogen-bond donors (Lipinski definition) is 3. The molecule has 220 valence electrons. The van der Waals surface area contributed by atoms with Gasteiger partial charge in [0.1, 0.15) is 22.8 Å². The van der Waals surface area contributed by atoms with Crippen LogP contribution in [0.1, 0.15) is 18.4 Å². The van der Waals surface area contributed by atoms with E-state index in [-0.39, 0.29) is 24.5 Å². The topological polar surface area (TPSA) is 130 Å². The summed E-state index contributed by atoms with van der Waals surface area (Å²) in [6.45, 7) is 2.72. The molecule has 43 heavy (non-hydrogen) atoms. The molecule has 1 amide bonds. The highest BCUT2D eigenvalue weighted by Crippen LogP contribution is 2.32. The van der Waals surface area contributed by atoms with Crippen LogP contribution in [0, 0.1) is 0 Å². The Bertz CT molecular complexity index is 1670. The van der Waals surface area contributed by atoms with Crippen molar-refractivity contribution in [2.75, 3.05) is 37.4 Å². The van der Waals surface area contributed by atoms with Gasteiger partial charge in [0, 0.05) is 43.6 Å². The molecule has 0 spiro atoms. The van der Waals surface area contributed by atoms with Crippen LogP contribution in [0.3, 0.4) is 0 Å². The Morgan fingerprint density at radius 3 is 2.47 bits per heavy atom. The van der Waals surface area contributed by atoms with E-state index in [1.165, 1.54) is 5.56 Å². The van der Waals surface area contributed by atoms with Crippen LogP contribution in [0.2, 0.25) is 5.02 Å². The summed E-state index contributed by atoms with van der Waals surface area (Å²) in [6, 6.07) is 17.5. The Morgan fingerprint density at radius 1 is 1.02 bits per heavy atom. The number of carbonyl (C=O) groups excluding carboxylic acids is 1. The van der Waals surface area contributed by atoms with E-state index >= 15 is 0 Å². The van der Waals surface area contributed by atoms with Gasteiger partial charge in [-0.15, -0.1) is 0 Å². The first-order valence-electron chi connectivity index (χ1n) is 14.0. The number of H-pyrrole nitrogens is 1. The van der Waals surface area contributed by atoms with Crippen molar-refractivity contribution in [3.8, 4) is 22.9 Å². The summed E-state index contributed by atoms with van der Waals surface area (Å²) in [5.74, 6) is 1.96. The van der Waals surface area contributed by atoms with Crippen LogP contribution in [-0.4, -0.2) is 68.6 Å². The summed E-state index contributed by atoms with van der Waals surface area (Å²) in [5, 5.41) is 6.77. The number of anilines is 2. The van der Waals surface area contributed by atoms with Gasteiger partial charge in [-0.25, -0.2) is 19.9 Å². The number of aromatic amines is 1. The van der Waals surface area contributed by atoms with E-state index in [4.69, 9.17) is 26.1 Å². The van der Waals surface area contributed by atoms with Crippen LogP contribution < -0.4 is 20.1 Å². The first-order chi connectivity index (χ1) is 21.0. The third-order valence-electron chi connectivity index (χ3n) is 7.28. The van der Waals surface area contributed by atoms with Gasteiger partial charge in [-0.3, -0.25) is 15.0 Å². The predicted octanol–water partition coefficient (Wildman–Crippen LogP) is 5.17. The van der Waals surface area contributed by atoms with E-state index < -0.39 is 0 Å². The summed E-state index contributed by atoms with van der Waals surface area (Å²) in [6.07, 6.45) is 6.74. The minimum atomic E-state index is -0.349. The highest BCUT2D eigenvalue weighted by Gasteiger charge is 2.22. The summed E-state index contributed by atoms with van der Waals surface area (Å²) in [7, 11) is 1.68. The molecule has 6 rings (SSSR count). The maximum Gasteiger partial charge on any atom is 0.264 e. The van der Waals surface area contributed by atoms with Gasteiger partial charge in [-0.1, -0.05) is 23.7 Å². The zero-order chi connectivity index (χ0) is 29.6. The molecule has 5 aromatic rings. The number of methoxy groups -OCH3 is 1. The van der Waals surface area contributed by atoms with Crippen LogP contribution >= 0.6 is 11.6 Å². The van der Waals surface area contributed by atoms with Crippen LogP contribution in [-0.2, 0) is 11.3 Å². The summed E-state index contributed by atoms with van der Waals surface area (Å²) >= 11 is 6.61. The molecule has 4 heterocycles. The third-order valence-corrected chi connectivity index (χ3v) is 7.57. The number of nitrogens with zero attached hydrogens (tertiary/aromatic N) is 5. The monoisotopic (exact) mass is 598 g/mol. The summed E-state index contributed by atoms with van der Waals surface area (Å²) in [5.41, 5.74) is 4.26. The molecule has 1 saturated heterocycles. The lowest BCUT2D eigenvalue weighted by Crippen LogP contribution is -2.38. The van der Waals surface area contributed by atoms with Crippen molar-refractivity contribution in [1.29, 1.82) is 0 Å². The van der Waals surface area contributed by atoms with Gasteiger partial charge in [0.25, 0.3) is 5.91 Å². The molecule has 1 fully saturated rings. The zero-order valence-electron chi connectivity index (χ0n) is 23.6. The van der Waals surface area contributed by atoms with E-state index in [2.05, 4.69) is 47.6 Å². The minimum Gasteiger partial charge on any atom is -0.497 e. The number of amides is 1. The predicted molar refractivity (Wildman–Crippen MR) is 165 cm³/mol. The normalized spacial score (nSPS) is 14.0. The van der Waals surface area contributed by atoms with E-state index in [1.807, 2.05) is 24.3 Å². The Labute approximate surface area is 253 Å². The average Bonchev–Trinajstić information content (AvgIpc) is 3.48. The summed E-state index contributed by atoms with van der Waals surface area (Å²) in [4.78, 5) is 35.1.